The van der Waals surface area contributed by atoms with E-state index in [1.165, 1.54) is 83.5 Å². The molecule has 0 aromatic heterocycles. The SMILES string of the molecule is CCCCCCCCCCCCCCCCCC(=O)O.[H-].[H-].[H-].[H-].[H-].[H-].[H-].[H-].[H-].[H-].[Mg+2].[Mg+2].[Mg+2].[Mg+2].[Mg+2]. The van der Waals surface area contributed by atoms with E-state index in [1.54, 1.807) is 0 Å². The normalized spacial score (nSPS) is 8.68. The number of carboxylic acids is 1. The molecule has 0 unspecified atom stereocenters. The Morgan fingerprint density at radius 1 is 0.560 bits per heavy atom. The summed E-state index contributed by atoms with van der Waals surface area (Å²) in [6.07, 6.45) is 20.2. The van der Waals surface area contributed by atoms with Crippen molar-refractivity contribution >= 4 is 121 Å². The third-order valence-electron chi connectivity index (χ3n) is 3.99. The zero-order valence-electron chi connectivity index (χ0n) is 27.2. The van der Waals surface area contributed by atoms with Gasteiger partial charge < -0.3 is 19.4 Å². The molecule has 0 spiro atoms. The van der Waals surface area contributed by atoms with Crippen LogP contribution in [0.25, 0.3) is 0 Å². The van der Waals surface area contributed by atoms with E-state index in [1.807, 2.05) is 0 Å². The fraction of sp³-hybridized carbons (Fsp3) is 0.944. The number of hydrogen-bond acceptors (Lipinski definition) is 1. The van der Waals surface area contributed by atoms with Crippen molar-refractivity contribution in [3.8, 4) is 0 Å². The van der Waals surface area contributed by atoms with E-state index in [0.29, 0.717) is 6.42 Å². The number of carbonyl (C=O) groups is 1. The summed E-state index contributed by atoms with van der Waals surface area (Å²) < 4.78 is 0. The molecule has 1 N–H and O–H groups in total. The minimum atomic E-state index is -0.653. The van der Waals surface area contributed by atoms with Crippen LogP contribution in [-0.4, -0.2) is 126 Å². The van der Waals surface area contributed by atoms with Crippen LogP contribution in [-0.2, 0) is 4.79 Å². The van der Waals surface area contributed by atoms with Gasteiger partial charge in [-0.1, -0.05) is 96.8 Å². The molecule has 0 radical (unpaired) electrons. The van der Waals surface area contributed by atoms with Gasteiger partial charge in [-0.05, 0) is 6.42 Å². The van der Waals surface area contributed by atoms with Gasteiger partial charge in [-0.3, -0.25) is 4.79 Å². The van der Waals surface area contributed by atoms with E-state index in [4.69, 9.17) is 5.11 Å². The van der Waals surface area contributed by atoms with Gasteiger partial charge >= 0.3 is 121 Å². The van der Waals surface area contributed by atoms with Crippen LogP contribution in [0.15, 0.2) is 0 Å². The summed E-state index contributed by atoms with van der Waals surface area (Å²) in [5.74, 6) is -0.653. The van der Waals surface area contributed by atoms with Crippen LogP contribution in [0, 0.1) is 0 Å². The van der Waals surface area contributed by atoms with Gasteiger partial charge in [0.1, 0.15) is 0 Å². The van der Waals surface area contributed by atoms with Crippen molar-refractivity contribution in [1.29, 1.82) is 0 Å². The number of unbranched alkanes of at least 4 members (excludes halogenated alkanes) is 14. The quantitative estimate of drug-likeness (QED) is 0.265. The molecule has 0 bridgehead atoms. The van der Waals surface area contributed by atoms with Gasteiger partial charge in [-0.15, -0.1) is 0 Å². The first kappa shape index (κ1) is 42.4. The van der Waals surface area contributed by atoms with Crippen LogP contribution in [0.5, 0.6) is 0 Å². The molecule has 0 aliphatic carbocycles. The van der Waals surface area contributed by atoms with Crippen LogP contribution in [0.2, 0.25) is 0 Å². The molecule has 0 fully saturated rings. The molecule has 0 aliphatic rings. The molecule has 25 heavy (non-hydrogen) atoms. The van der Waals surface area contributed by atoms with Gasteiger partial charge in [0.15, 0.2) is 0 Å². The summed E-state index contributed by atoms with van der Waals surface area (Å²) in [6, 6.07) is 0. The molecule has 2 nitrogen and oxygen atoms in total. The molecule has 0 saturated carbocycles. The van der Waals surface area contributed by atoms with E-state index < -0.39 is 5.97 Å². The molecule has 7 heteroatoms. The Morgan fingerprint density at radius 3 is 1.04 bits per heavy atom. The van der Waals surface area contributed by atoms with Crippen molar-refractivity contribution in [1.82, 2.24) is 0 Å². The summed E-state index contributed by atoms with van der Waals surface area (Å²) >= 11 is 0. The maximum Gasteiger partial charge on any atom is 2.00 e. The second-order valence-corrected chi connectivity index (χ2v) is 6.09. The molecular formula is C18H46Mg5O2. The summed E-state index contributed by atoms with van der Waals surface area (Å²) in [4.78, 5) is 10.3. The summed E-state index contributed by atoms with van der Waals surface area (Å²) in [5.41, 5.74) is 0. The molecule has 0 heterocycles. The second kappa shape index (κ2) is 38.0. The Kier molecular flexibility index (Phi) is 64.4. The number of hydrogen-bond donors (Lipinski definition) is 1. The molecule has 0 aliphatic heterocycles. The van der Waals surface area contributed by atoms with E-state index in [0.717, 1.165) is 12.8 Å². The molecule has 140 valence electrons. The van der Waals surface area contributed by atoms with Crippen molar-refractivity contribution in [2.75, 3.05) is 0 Å². The molecule has 0 atom stereocenters. The van der Waals surface area contributed by atoms with Crippen LogP contribution in [0.3, 0.4) is 0 Å². The Bertz CT molecular complexity index is 250. The van der Waals surface area contributed by atoms with Crippen LogP contribution >= 0.6 is 0 Å². The van der Waals surface area contributed by atoms with Crippen molar-refractivity contribution in [2.45, 2.75) is 110 Å². The van der Waals surface area contributed by atoms with Crippen molar-refractivity contribution < 1.29 is 24.2 Å². The fourth-order valence-corrected chi connectivity index (χ4v) is 2.65. The molecule has 0 amide bonds. The maximum absolute atomic E-state index is 10.3. The summed E-state index contributed by atoms with van der Waals surface area (Å²) in [6.45, 7) is 2.27. The van der Waals surface area contributed by atoms with Gasteiger partial charge in [0, 0.05) is 6.42 Å². The van der Waals surface area contributed by atoms with Crippen molar-refractivity contribution in [2.24, 2.45) is 0 Å². The zero-order valence-corrected chi connectivity index (χ0v) is 24.3. The van der Waals surface area contributed by atoms with Crippen molar-refractivity contribution in [3.63, 3.8) is 0 Å². The van der Waals surface area contributed by atoms with E-state index in [9.17, 15) is 4.79 Å². The van der Waals surface area contributed by atoms with Gasteiger partial charge in [0.2, 0.25) is 0 Å². The Morgan fingerprint density at radius 2 is 0.800 bits per heavy atom. The topological polar surface area (TPSA) is 37.3 Å². The van der Waals surface area contributed by atoms with Crippen LogP contribution in [0.1, 0.15) is 124 Å². The second-order valence-electron chi connectivity index (χ2n) is 6.09. The zero-order chi connectivity index (χ0) is 14.9. The minimum Gasteiger partial charge on any atom is -1.00 e. The van der Waals surface area contributed by atoms with Gasteiger partial charge in [-0.2, -0.15) is 0 Å². The molecular weight excluding hydrogens is 370 g/mol. The average molecular weight is 416 g/mol. The predicted molar refractivity (Wildman–Crippen MR) is 127 cm³/mol. The van der Waals surface area contributed by atoms with Gasteiger partial charge in [-0.25, -0.2) is 0 Å². The maximum atomic E-state index is 10.3. The van der Waals surface area contributed by atoms with Gasteiger partial charge in [0.05, 0.1) is 0 Å². The number of aliphatic carboxylic acids is 1. The largest absolute Gasteiger partial charge is 2.00 e. The Labute approximate surface area is 252 Å². The third kappa shape index (κ3) is 42.4. The number of rotatable bonds is 16. The fourth-order valence-electron chi connectivity index (χ4n) is 2.65. The van der Waals surface area contributed by atoms with Crippen LogP contribution in [0.4, 0.5) is 0 Å². The first-order valence-corrected chi connectivity index (χ1v) is 8.99. The first-order valence-electron chi connectivity index (χ1n) is 8.99. The Hall–Kier alpha value is 3.30. The smallest absolute Gasteiger partial charge is 1.00 e. The van der Waals surface area contributed by atoms with E-state index in [2.05, 4.69) is 6.92 Å². The van der Waals surface area contributed by atoms with Crippen LogP contribution < -0.4 is 0 Å². The predicted octanol–water partition coefficient (Wildman–Crippen LogP) is 5.55. The van der Waals surface area contributed by atoms with Gasteiger partial charge in [0.25, 0.3) is 0 Å². The summed E-state index contributed by atoms with van der Waals surface area (Å²) in [7, 11) is 0. The molecule has 0 aromatic rings. The third-order valence-corrected chi connectivity index (χ3v) is 3.99. The first-order chi connectivity index (χ1) is 9.77. The average Bonchev–Trinajstić information content (AvgIpc) is 2.43. The standard InChI is InChI=1S/C18H36O2.5Mg.10H/c1-2-3-4-5-6-7-8-9-10-11-12-13-14-15-16-17-18(19)20;;;;;;;;;;;;;;;/h2-17H2,1H3,(H,19,20);;;;;;;;;;;;;;;/q;5*+2;10*-1. The van der Waals surface area contributed by atoms with E-state index in [-0.39, 0.29) is 130 Å². The Balaban J connectivity index is -0.0000000172. The van der Waals surface area contributed by atoms with Crippen molar-refractivity contribution in [3.05, 3.63) is 0 Å². The molecule has 0 saturated heterocycles. The monoisotopic (exact) mass is 414 g/mol. The number of carboxylic acid groups (broad SMARTS) is 1. The van der Waals surface area contributed by atoms with E-state index >= 15 is 0 Å². The minimum absolute atomic E-state index is 0. The molecule has 0 rings (SSSR count). The molecule has 0 aromatic carbocycles. The summed E-state index contributed by atoms with van der Waals surface area (Å²) in [5, 5.41) is 8.52.